The third-order valence-corrected chi connectivity index (χ3v) is 1.15. The first-order chi connectivity index (χ1) is 5.90. The van der Waals surface area contributed by atoms with Gasteiger partial charge in [-0.2, -0.15) is 4.39 Å². The zero-order chi connectivity index (χ0) is 10.1. The van der Waals surface area contributed by atoms with Gasteiger partial charge in [-0.05, 0) is 12.1 Å². The summed E-state index contributed by atoms with van der Waals surface area (Å²) in [5.74, 6) is -3.79. The average molecular weight is 195 g/mol. The number of rotatable bonds is 1. The van der Waals surface area contributed by atoms with Gasteiger partial charge in [0.05, 0.1) is 0 Å². The molecule has 0 aliphatic heterocycles. The average Bonchev–Trinajstić information content (AvgIpc) is 1.96. The SMILES string of the molecule is [O]c1cccc(OC(F)(F)F)c1F. The molecule has 0 saturated heterocycles. The second kappa shape index (κ2) is 3.12. The molecule has 6 heteroatoms. The van der Waals surface area contributed by atoms with E-state index in [1.165, 1.54) is 0 Å². The van der Waals surface area contributed by atoms with Crippen LogP contribution in [0.1, 0.15) is 0 Å². The number of hydrogen-bond acceptors (Lipinski definition) is 1. The number of halogens is 4. The molecule has 0 saturated carbocycles. The maximum atomic E-state index is 12.6. The van der Waals surface area contributed by atoms with Crippen molar-refractivity contribution >= 4 is 0 Å². The zero-order valence-corrected chi connectivity index (χ0v) is 6.06. The van der Waals surface area contributed by atoms with Gasteiger partial charge in [-0.1, -0.05) is 6.07 Å². The highest BCUT2D eigenvalue weighted by Gasteiger charge is 2.32. The van der Waals surface area contributed by atoms with Crippen LogP contribution in [0.2, 0.25) is 0 Å². The van der Waals surface area contributed by atoms with Crippen molar-refractivity contribution < 1.29 is 27.4 Å². The van der Waals surface area contributed by atoms with Crippen molar-refractivity contribution in [1.29, 1.82) is 0 Å². The van der Waals surface area contributed by atoms with Gasteiger partial charge in [0.1, 0.15) is 0 Å². The summed E-state index contributed by atoms with van der Waals surface area (Å²) in [4.78, 5) is 0. The Bertz CT molecular complexity index is 308. The van der Waals surface area contributed by atoms with E-state index in [0.29, 0.717) is 0 Å². The topological polar surface area (TPSA) is 29.1 Å². The Hall–Kier alpha value is -1.46. The summed E-state index contributed by atoms with van der Waals surface area (Å²) < 4.78 is 50.5. The molecular weight excluding hydrogens is 192 g/mol. The van der Waals surface area contributed by atoms with E-state index in [-0.39, 0.29) is 0 Å². The second-order valence-electron chi connectivity index (χ2n) is 2.12. The lowest BCUT2D eigenvalue weighted by Gasteiger charge is -2.08. The van der Waals surface area contributed by atoms with Gasteiger partial charge < -0.3 is 4.74 Å². The maximum Gasteiger partial charge on any atom is 0.573 e. The van der Waals surface area contributed by atoms with E-state index in [9.17, 15) is 22.7 Å². The summed E-state index contributed by atoms with van der Waals surface area (Å²) in [5, 5.41) is 10.5. The molecule has 1 aromatic rings. The van der Waals surface area contributed by atoms with E-state index in [4.69, 9.17) is 0 Å². The van der Waals surface area contributed by atoms with Crippen LogP contribution in [0.15, 0.2) is 18.2 Å². The molecule has 0 unspecified atom stereocenters. The number of alkyl halides is 3. The predicted molar refractivity (Wildman–Crippen MR) is 33.2 cm³/mol. The first-order valence-electron chi connectivity index (χ1n) is 3.11. The third-order valence-electron chi connectivity index (χ3n) is 1.15. The van der Waals surface area contributed by atoms with E-state index in [2.05, 4.69) is 4.74 Å². The molecule has 0 fully saturated rings. The Kier molecular flexibility index (Phi) is 2.31. The molecule has 0 aliphatic rings. The van der Waals surface area contributed by atoms with Crippen molar-refractivity contribution in [3.8, 4) is 11.5 Å². The van der Waals surface area contributed by atoms with Gasteiger partial charge in [0.2, 0.25) is 11.6 Å². The van der Waals surface area contributed by atoms with Crippen LogP contribution in [0.3, 0.4) is 0 Å². The molecule has 0 atom stereocenters. The second-order valence-corrected chi connectivity index (χ2v) is 2.12. The van der Waals surface area contributed by atoms with Crippen LogP contribution in [-0.4, -0.2) is 6.36 Å². The maximum absolute atomic E-state index is 12.6. The molecule has 0 bridgehead atoms. The summed E-state index contributed by atoms with van der Waals surface area (Å²) in [7, 11) is 0. The first kappa shape index (κ1) is 9.63. The fourth-order valence-electron chi connectivity index (χ4n) is 0.694. The van der Waals surface area contributed by atoms with E-state index < -0.39 is 23.7 Å². The number of benzene rings is 1. The Morgan fingerprint density at radius 2 is 1.85 bits per heavy atom. The monoisotopic (exact) mass is 195 g/mol. The van der Waals surface area contributed by atoms with Gasteiger partial charge in [-0.3, -0.25) is 5.11 Å². The molecule has 0 aromatic heterocycles. The summed E-state index contributed by atoms with van der Waals surface area (Å²) in [6.45, 7) is 0. The van der Waals surface area contributed by atoms with Crippen molar-refractivity contribution in [2.75, 3.05) is 0 Å². The molecule has 71 valence electrons. The Balaban J connectivity index is 2.96. The highest BCUT2D eigenvalue weighted by atomic mass is 19.4. The third kappa shape index (κ3) is 2.50. The molecule has 1 radical (unpaired) electrons. The normalized spacial score (nSPS) is 11.4. The van der Waals surface area contributed by atoms with E-state index in [1.807, 2.05) is 0 Å². The van der Waals surface area contributed by atoms with Gasteiger partial charge in [-0.15, -0.1) is 13.2 Å². The van der Waals surface area contributed by atoms with Crippen LogP contribution >= 0.6 is 0 Å². The standard InChI is InChI=1S/C7H3F4O2/c8-6-4(12)2-1-3-5(6)13-7(9,10)11/h1-3H. The van der Waals surface area contributed by atoms with Crippen LogP contribution in [-0.2, 0) is 5.11 Å². The lowest BCUT2D eigenvalue weighted by atomic mass is 10.3. The minimum atomic E-state index is -4.99. The van der Waals surface area contributed by atoms with E-state index in [1.54, 1.807) is 0 Å². The lowest BCUT2D eigenvalue weighted by Crippen LogP contribution is -2.17. The van der Waals surface area contributed by atoms with Crippen molar-refractivity contribution in [3.63, 3.8) is 0 Å². The summed E-state index contributed by atoms with van der Waals surface area (Å²) in [5.41, 5.74) is 0. The molecule has 0 aliphatic carbocycles. The zero-order valence-electron chi connectivity index (χ0n) is 6.06. The van der Waals surface area contributed by atoms with Crippen LogP contribution < -0.4 is 4.74 Å². The van der Waals surface area contributed by atoms with Crippen LogP contribution in [0.4, 0.5) is 17.6 Å². The predicted octanol–water partition coefficient (Wildman–Crippen LogP) is 2.87. The number of ether oxygens (including phenoxy) is 1. The van der Waals surface area contributed by atoms with Crippen molar-refractivity contribution in [2.45, 2.75) is 6.36 Å². The minimum Gasteiger partial charge on any atom is -0.402 e. The molecule has 13 heavy (non-hydrogen) atoms. The van der Waals surface area contributed by atoms with Crippen LogP contribution in [0.25, 0.3) is 0 Å². The highest BCUT2D eigenvalue weighted by Crippen LogP contribution is 2.30. The molecule has 1 rings (SSSR count). The molecule has 0 heterocycles. The van der Waals surface area contributed by atoms with E-state index >= 15 is 0 Å². The van der Waals surface area contributed by atoms with Gasteiger partial charge in [0.25, 0.3) is 0 Å². The minimum absolute atomic E-state index is 0.726. The molecule has 0 amide bonds. The van der Waals surface area contributed by atoms with Crippen molar-refractivity contribution in [3.05, 3.63) is 24.0 Å². The smallest absolute Gasteiger partial charge is 0.402 e. The van der Waals surface area contributed by atoms with Gasteiger partial charge >= 0.3 is 6.36 Å². The fourth-order valence-corrected chi connectivity index (χ4v) is 0.694. The Morgan fingerprint density at radius 3 is 2.38 bits per heavy atom. The first-order valence-corrected chi connectivity index (χ1v) is 3.11. The molecule has 0 N–H and O–H groups in total. The van der Waals surface area contributed by atoms with Gasteiger partial charge in [-0.25, -0.2) is 0 Å². The van der Waals surface area contributed by atoms with E-state index in [0.717, 1.165) is 18.2 Å². The number of hydrogen-bond donors (Lipinski definition) is 0. The van der Waals surface area contributed by atoms with Crippen molar-refractivity contribution in [2.24, 2.45) is 0 Å². The largest absolute Gasteiger partial charge is 0.573 e. The lowest BCUT2D eigenvalue weighted by molar-refractivity contribution is -0.275. The molecule has 1 aromatic carbocycles. The fraction of sp³-hybridized carbons (Fsp3) is 0.143. The van der Waals surface area contributed by atoms with Crippen LogP contribution in [0.5, 0.6) is 11.5 Å². The van der Waals surface area contributed by atoms with Gasteiger partial charge in [0.15, 0.2) is 5.75 Å². The Morgan fingerprint density at radius 1 is 1.23 bits per heavy atom. The van der Waals surface area contributed by atoms with Gasteiger partial charge in [0, 0.05) is 0 Å². The molecule has 2 nitrogen and oxygen atoms in total. The summed E-state index contributed by atoms with van der Waals surface area (Å²) in [6.07, 6.45) is -4.99. The summed E-state index contributed by atoms with van der Waals surface area (Å²) >= 11 is 0. The summed E-state index contributed by atoms with van der Waals surface area (Å²) in [6, 6.07) is 2.51. The van der Waals surface area contributed by atoms with Crippen LogP contribution in [0, 0.1) is 5.82 Å². The van der Waals surface area contributed by atoms with Crippen molar-refractivity contribution in [1.82, 2.24) is 0 Å². The highest BCUT2D eigenvalue weighted by molar-refractivity contribution is 5.34. The molecular formula is C7H3F4O2. The quantitative estimate of drug-likeness (QED) is 0.633. The molecule has 0 spiro atoms. The Labute approximate surface area is 70.4 Å².